The number of benzene rings is 1. The van der Waals surface area contributed by atoms with Gasteiger partial charge in [0.15, 0.2) is 10.9 Å². The van der Waals surface area contributed by atoms with Gasteiger partial charge in [0.05, 0.1) is 11.7 Å². The second kappa shape index (κ2) is 5.09. The molecule has 0 radical (unpaired) electrons. The fourth-order valence-electron chi connectivity index (χ4n) is 2.07. The van der Waals surface area contributed by atoms with Gasteiger partial charge < -0.3 is 5.32 Å². The van der Waals surface area contributed by atoms with E-state index in [9.17, 15) is 9.59 Å². The number of fused-ring (bicyclic) bond motifs is 1. The van der Waals surface area contributed by atoms with Crippen LogP contribution in [0.4, 0.5) is 5.69 Å². The Kier molecular flexibility index (Phi) is 3.27. The van der Waals surface area contributed by atoms with Gasteiger partial charge in [-0.1, -0.05) is 11.8 Å². The summed E-state index contributed by atoms with van der Waals surface area (Å²) in [7, 11) is 0. The van der Waals surface area contributed by atoms with Crippen molar-refractivity contribution in [2.75, 3.05) is 11.1 Å². The van der Waals surface area contributed by atoms with Crippen molar-refractivity contribution in [1.29, 1.82) is 0 Å². The molecule has 2 aromatic rings. The molecule has 1 aliphatic rings. The Morgan fingerprint density at radius 3 is 3.05 bits per heavy atom. The minimum absolute atomic E-state index is 0.000693. The lowest BCUT2D eigenvalue weighted by atomic mass is 9.99. The van der Waals surface area contributed by atoms with Gasteiger partial charge in [-0.05, 0) is 30.7 Å². The van der Waals surface area contributed by atoms with Crippen LogP contribution in [0.3, 0.4) is 0 Å². The Bertz CT molecular complexity index is 669. The second-order valence-electron chi connectivity index (χ2n) is 4.52. The van der Waals surface area contributed by atoms with Gasteiger partial charge in [-0.2, -0.15) is 5.10 Å². The fraction of sp³-hybridized carbons (Fsp3) is 0.231. The first-order valence-electron chi connectivity index (χ1n) is 6.11. The SMILES string of the molecule is C[C@H]1C(=O)Nc2ccc(C(=O)CSc3ncn[nH]3)cc21. The van der Waals surface area contributed by atoms with Crippen LogP contribution in [0.1, 0.15) is 28.8 Å². The van der Waals surface area contributed by atoms with Crippen LogP contribution >= 0.6 is 11.8 Å². The normalized spacial score (nSPS) is 16.9. The van der Waals surface area contributed by atoms with E-state index in [4.69, 9.17) is 0 Å². The predicted octanol–water partition coefficient (Wildman–Crippen LogP) is 1.84. The summed E-state index contributed by atoms with van der Waals surface area (Å²) < 4.78 is 0. The molecule has 3 rings (SSSR count). The maximum absolute atomic E-state index is 12.1. The van der Waals surface area contributed by atoms with E-state index in [-0.39, 0.29) is 23.4 Å². The van der Waals surface area contributed by atoms with Crippen LogP contribution in [0.15, 0.2) is 29.7 Å². The predicted molar refractivity (Wildman–Crippen MR) is 74.9 cm³/mol. The van der Waals surface area contributed by atoms with Crippen LogP contribution in [0, 0.1) is 0 Å². The number of carbonyl (C=O) groups excluding carboxylic acids is 2. The number of aromatic nitrogens is 3. The number of aromatic amines is 1. The highest BCUT2D eigenvalue weighted by molar-refractivity contribution is 7.99. The number of nitrogens with zero attached hydrogens (tertiary/aromatic N) is 2. The first-order chi connectivity index (χ1) is 9.65. The standard InChI is InChI=1S/C13H12N4O2S/c1-7-9-4-8(2-3-10(9)16-12(7)19)11(18)5-20-13-14-6-15-17-13/h2-4,6-7H,5H2,1H3,(H,16,19)(H,14,15,17)/t7-/m1/s1. The molecule has 0 aliphatic carbocycles. The van der Waals surface area contributed by atoms with E-state index >= 15 is 0 Å². The minimum atomic E-state index is -0.209. The Morgan fingerprint density at radius 2 is 2.30 bits per heavy atom. The Morgan fingerprint density at radius 1 is 1.45 bits per heavy atom. The number of carbonyl (C=O) groups is 2. The lowest BCUT2D eigenvalue weighted by Gasteiger charge is -2.04. The highest BCUT2D eigenvalue weighted by atomic mass is 32.2. The largest absolute Gasteiger partial charge is 0.325 e. The highest BCUT2D eigenvalue weighted by Crippen LogP contribution is 2.33. The zero-order valence-electron chi connectivity index (χ0n) is 10.7. The molecule has 0 bridgehead atoms. The number of hydrogen-bond acceptors (Lipinski definition) is 5. The number of nitrogens with one attached hydrogen (secondary N) is 2. The molecule has 1 aromatic carbocycles. The van der Waals surface area contributed by atoms with Crippen LogP contribution in [-0.2, 0) is 4.79 Å². The van der Waals surface area contributed by atoms with E-state index in [1.165, 1.54) is 18.1 Å². The number of rotatable bonds is 4. The average molecular weight is 288 g/mol. The molecule has 6 nitrogen and oxygen atoms in total. The van der Waals surface area contributed by atoms with Crippen LogP contribution in [0.25, 0.3) is 0 Å². The molecule has 1 aromatic heterocycles. The first kappa shape index (κ1) is 12.9. The van der Waals surface area contributed by atoms with E-state index in [0.717, 1.165) is 11.3 Å². The van der Waals surface area contributed by atoms with Gasteiger partial charge in [-0.25, -0.2) is 4.98 Å². The van der Waals surface area contributed by atoms with E-state index < -0.39 is 0 Å². The summed E-state index contributed by atoms with van der Waals surface area (Å²) in [5, 5.41) is 9.82. The molecule has 1 amide bonds. The Hall–Kier alpha value is -2.15. The van der Waals surface area contributed by atoms with Crippen LogP contribution in [0.2, 0.25) is 0 Å². The number of amides is 1. The average Bonchev–Trinajstić information content (AvgIpc) is 3.06. The molecule has 2 N–H and O–H groups in total. The van der Waals surface area contributed by atoms with E-state index in [2.05, 4.69) is 20.5 Å². The van der Waals surface area contributed by atoms with Crippen LogP contribution in [-0.4, -0.2) is 32.6 Å². The smallest absolute Gasteiger partial charge is 0.231 e. The molecule has 1 atom stereocenters. The monoisotopic (exact) mass is 288 g/mol. The van der Waals surface area contributed by atoms with Gasteiger partial charge in [0.25, 0.3) is 0 Å². The molecule has 0 unspecified atom stereocenters. The van der Waals surface area contributed by atoms with Crippen molar-refractivity contribution in [2.45, 2.75) is 18.0 Å². The third-order valence-corrected chi connectivity index (χ3v) is 4.10. The summed E-state index contributed by atoms with van der Waals surface area (Å²) >= 11 is 1.30. The number of ketones is 1. The van der Waals surface area contributed by atoms with Crippen molar-refractivity contribution in [3.8, 4) is 0 Å². The molecular weight excluding hydrogens is 276 g/mol. The van der Waals surface area contributed by atoms with Crippen molar-refractivity contribution >= 4 is 29.1 Å². The van der Waals surface area contributed by atoms with Gasteiger partial charge in [-0.3, -0.25) is 14.7 Å². The van der Waals surface area contributed by atoms with Gasteiger partial charge in [0.2, 0.25) is 5.91 Å². The zero-order chi connectivity index (χ0) is 14.1. The first-order valence-corrected chi connectivity index (χ1v) is 7.10. The molecule has 0 saturated carbocycles. The molecule has 20 heavy (non-hydrogen) atoms. The van der Waals surface area contributed by atoms with Crippen molar-refractivity contribution in [3.05, 3.63) is 35.7 Å². The second-order valence-corrected chi connectivity index (χ2v) is 5.48. The summed E-state index contributed by atoms with van der Waals surface area (Å²) in [6.07, 6.45) is 1.40. The van der Waals surface area contributed by atoms with Gasteiger partial charge in [0.1, 0.15) is 6.33 Å². The molecule has 0 fully saturated rings. The molecule has 0 spiro atoms. The number of H-pyrrole nitrogens is 1. The molecular formula is C13H12N4O2S. The molecule has 2 heterocycles. The summed E-state index contributed by atoms with van der Waals surface area (Å²) in [5.74, 6) is 0.0464. The summed E-state index contributed by atoms with van der Waals surface area (Å²) in [6.45, 7) is 1.83. The van der Waals surface area contributed by atoms with Crippen LogP contribution in [0.5, 0.6) is 0 Å². The number of Topliss-reactive ketones (excluding diaryl/α,β-unsaturated/α-hetero) is 1. The fourth-order valence-corrected chi connectivity index (χ4v) is 2.74. The van der Waals surface area contributed by atoms with Gasteiger partial charge in [-0.15, -0.1) is 0 Å². The third-order valence-electron chi connectivity index (χ3n) is 3.22. The van der Waals surface area contributed by atoms with Crippen molar-refractivity contribution < 1.29 is 9.59 Å². The zero-order valence-corrected chi connectivity index (χ0v) is 11.5. The quantitative estimate of drug-likeness (QED) is 0.662. The minimum Gasteiger partial charge on any atom is -0.325 e. The van der Waals surface area contributed by atoms with Crippen molar-refractivity contribution in [1.82, 2.24) is 15.2 Å². The van der Waals surface area contributed by atoms with Crippen LogP contribution < -0.4 is 5.32 Å². The lowest BCUT2D eigenvalue weighted by molar-refractivity contribution is -0.116. The Labute approximate surface area is 119 Å². The number of thioether (sulfide) groups is 1. The maximum atomic E-state index is 12.1. The van der Waals surface area contributed by atoms with Crippen molar-refractivity contribution in [2.24, 2.45) is 0 Å². The van der Waals surface area contributed by atoms with E-state index in [0.29, 0.717) is 10.7 Å². The van der Waals surface area contributed by atoms with E-state index in [1.54, 1.807) is 18.2 Å². The molecule has 7 heteroatoms. The van der Waals surface area contributed by atoms with Gasteiger partial charge >= 0.3 is 0 Å². The summed E-state index contributed by atoms with van der Waals surface area (Å²) in [5.41, 5.74) is 2.28. The third kappa shape index (κ3) is 2.32. The Balaban J connectivity index is 1.75. The number of hydrogen-bond donors (Lipinski definition) is 2. The molecule has 0 saturated heterocycles. The highest BCUT2D eigenvalue weighted by Gasteiger charge is 2.27. The molecule has 1 aliphatic heterocycles. The maximum Gasteiger partial charge on any atom is 0.231 e. The lowest BCUT2D eigenvalue weighted by Crippen LogP contribution is -2.08. The number of anilines is 1. The molecule has 102 valence electrons. The summed E-state index contributed by atoms with van der Waals surface area (Å²) in [6, 6.07) is 5.31. The summed E-state index contributed by atoms with van der Waals surface area (Å²) in [4.78, 5) is 27.7. The topological polar surface area (TPSA) is 87.7 Å². The van der Waals surface area contributed by atoms with Crippen molar-refractivity contribution in [3.63, 3.8) is 0 Å². The van der Waals surface area contributed by atoms with Gasteiger partial charge in [0, 0.05) is 11.3 Å². The van der Waals surface area contributed by atoms with E-state index in [1.807, 2.05) is 6.92 Å².